The third-order valence-electron chi connectivity index (χ3n) is 3.57. The number of aromatic nitrogens is 1. The smallest absolute Gasteiger partial charge is 0.265 e. The molecule has 6 nitrogen and oxygen atoms in total. The summed E-state index contributed by atoms with van der Waals surface area (Å²) in [6, 6.07) is 8.56. The normalized spacial score (nSPS) is 11.4. The van der Waals surface area contributed by atoms with Crippen LogP contribution in [0.3, 0.4) is 0 Å². The highest BCUT2D eigenvalue weighted by molar-refractivity contribution is 7.92. The number of rotatable bonds is 7. The van der Waals surface area contributed by atoms with E-state index < -0.39 is 15.9 Å². The second-order valence-corrected chi connectivity index (χ2v) is 7.12. The zero-order chi connectivity index (χ0) is 17.0. The number of carbonyl (C=O) groups is 1. The Balaban J connectivity index is 2.18. The summed E-state index contributed by atoms with van der Waals surface area (Å²) in [5.41, 5.74) is 7.00. The first-order valence-electron chi connectivity index (χ1n) is 7.41. The molecule has 0 bridgehead atoms. The van der Waals surface area contributed by atoms with E-state index in [0.29, 0.717) is 5.69 Å². The van der Waals surface area contributed by atoms with Gasteiger partial charge in [0, 0.05) is 18.9 Å². The lowest BCUT2D eigenvalue weighted by Gasteiger charge is -2.07. The Hall–Kier alpha value is -2.28. The molecule has 0 aliphatic heterocycles. The third-order valence-corrected chi connectivity index (χ3v) is 4.92. The van der Waals surface area contributed by atoms with E-state index >= 15 is 0 Å². The van der Waals surface area contributed by atoms with Crippen LogP contribution >= 0.6 is 0 Å². The summed E-state index contributed by atoms with van der Waals surface area (Å²) in [5.74, 6) is -0.672. The van der Waals surface area contributed by atoms with Crippen molar-refractivity contribution in [3.63, 3.8) is 0 Å². The molecule has 1 amide bonds. The number of amides is 1. The average Bonchev–Trinajstić information content (AvgIpc) is 2.89. The molecule has 0 radical (unpaired) electrons. The van der Waals surface area contributed by atoms with Gasteiger partial charge in [0.1, 0.15) is 10.6 Å². The van der Waals surface area contributed by atoms with Gasteiger partial charge in [0.2, 0.25) is 0 Å². The van der Waals surface area contributed by atoms with Crippen LogP contribution in [0.1, 0.15) is 35.8 Å². The van der Waals surface area contributed by atoms with Crippen LogP contribution in [0.4, 0.5) is 5.69 Å². The maximum absolute atomic E-state index is 12.4. The van der Waals surface area contributed by atoms with Crippen LogP contribution < -0.4 is 10.5 Å². The number of sulfonamides is 1. The summed E-state index contributed by atoms with van der Waals surface area (Å²) >= 11 is 0. The minimum absolute atomic E-state index is 0.00357. The predicted molar refractivity (Wildman–Crippen MR) is 89.8 cm³/mol. The highest BCUT2D eigenvalue weighted by Gasteiger charge is 2.19. The highest BCUT2D eigenvalue weighted by atomic mass is 32.2. The van der Waals surface area contributed by atoms with Gasteiger partial charge in [-0.05, 0) is 36.6 Å². The van der Waals surface area contributed by atoms with E-state index in [2.05, 4.69) is 11.6 Å². The monoisotopic (exact) mass is 335 g/mol. The maximum atomic E-state index is 12.4. The number of unbranched alkanes of at least 4 members (excludes halogenated alkanes) is 1. The van der Waals surface area contributed by atoms with Crippen molar-refractivity contribution >= 4 is 21.6 Å². The first kappa shape index (κ1) is 17.1. The van der Waals surface area contributed by atoms with Gasteiger partial charge in [0.25, 0.3) is 15.9 Å². The van der Waals surface area contributed by atoms with E-state index in [9.17, 15) is 13.2 Å². The van der Waals surface area contributed by atoms with Crippen LogP contribution in [0.2, 0.25) is 0 Å². The van der Waals surface area contributed by atoms with E-state index in [1.54, 1.807) is 19.2 Å². The van der Waals surface area contributed by atoms with Crippen molar-refractivity contribution in [3.05, 3.63) is 47.8 Å². The molecule has 0 aliphatic rings. The number of benzene rings is 1. The molecule has 0 fully saturated rings. The molecule has 0 unspecified atom stereocenters. The van der Waals surface area contributed by atoms with Crippen molar-refractivity contribution in [1.29, 1.82) is 0 Å². The number of hydrogen-bond donors (Lipinski definition) is 2. The molecule has 0 atom stereocenters. The molecular formula is C16H21N3O3S. The van der Waals surface area contributed by atoms with Crippen LogP contribution in [-0.4, -0.2) is 18.9 Å². The van der Waals surface area contributed by atoms with E-state index in [0.717, 1.165) is 19.3 Å². The molecule has 0 saturated heterocycles. The largest absolute Gasteiger partial charge is 0.364 e. The average molecular weight is 335 g/mol. The number of carbonyl (C=O) groups excluding carboxylic acids is 1. The molecule has 1 aromatic carbocycles. The summed E-state index contributed by atoms with van der Waals surface area (Å²) in [7, 11) is -2.19. The summed E-state index contributed by atoms with van der Waals surface area (Å²) in [4.78, 5) is 11.2. The number of aryl methyl sites for hydroxylation is 2. The molecule has 3 N–H and O–H groups in total. The van der Waals surface area contributed by atoms with Gasteiger partial charge in [-0.2, -0.15) is 0 Å². The van der Waals surface area contributed by atoms with Gasteiger partial charge in [0.15, 0.2) is 0 Å². The fraction of sp³-hybridized carbons (Fsp3) is 0.312. The van der Waals surface area contributed by atoms with Crippen molar-refractivity contribution in [2.75, 3.05) is 4.72 Å². The Labute approximate surface area is 136 Å². The SMILES string of the molecule is CCCCc1ccc(NS(=O)(=O)c2cc(C(N)=O)n(C)c2)cc1. The molecule has 0 aliphatic carbocycles. The van der Waals surface area contributed by atoms with Crippen molar-refractivity contribution in [1.82, 2.24) is 4.57 Å². The first-order chi connectivity index (χ1) is 10.8. The van der Waals surface area contributed by atoms with E-state index in [-0.39, 0.29) is 10.6 Å². The maximum Gasteiger partial charge on any atom is 0.265 e. The fourth-order valence-corrected chi connectivity index (χ4v) is 3.39. The lowest BCUT2D eigenvalue weighted by atomic mass is 10.1. The molecule has 0 spiro atoms. The molecule has 2 rings (SSSR count). The van der Waals surface area contributed by atoms with Gasteiger partial charge >= 0.3 is 0 Å². The number of anilines is 1. The van der Waals surface area contributed by atoms with Gasteiger partial charge in [-0.1, -0.05) is 25.5 Å². The molecule has 0 saturated carbocycles. The van der Waals surface area contributed by atoms with Gasteiger partial charge in [0.05, 0.1) is 0 Å². The Kier molecular flexibility index (Phi) is 5.10. The number of nitrogens with one attached hydrogen (secondary N) is 1. The Morgan fingerprint density at radius 2 is 1.91 bits per heavy atom. The van der Waals surface area contributed by atoms with Crippen LogP contribution in [0.15, 0.2) is 41.4 Å². The lowest BCUT2D eigenvalue weighted by Crippen LogP contribution is -2.14. The Morgan fingerprint density at radius 1 is 1.26 bits per heavy atom. The quantitative estimate of drug-likeness (QED) is 0.812. The summed E-state index contributed by atoms with van der Waals surface area (Å²) < 4.78 is 28.6. The van der Waals surface area contributed by atoms with Crippen LogP contribution in [0.5, 0.6) is 0 Å². The van der Waals surface area contributed by atoms with Crippen molar-refractivity contribution in [3.8, 4) is 0 Å². The molecule has 7 heteroatoms. The van der Waals surface area contributed by atoms with Crippen LogP contribution in [0, 0.1) is 0 Å². The second kappa shape index (κ2) is 6.87. The first-order valence-corrected chi connectivity index (χ1v) is 8.89. The minimum atomic E-state index is -3.76. The highest BCUT2D eigenvalue weighted by Crippen LogP contribution is 2.19. The van der Waals surface area contributed by atoms with Gasteiger partial charge < -0.3 is 10.3 Å². The Morgan fingerprint density at radius 3 is 2.43 bits per heavy atom. The van der Waals surface area contributed by atoms with Crippen molar-refractivity contribution in [2.45, 2.75) is 31.1 Å². The minimum Gasteiger partial charge on any atom is -0.364 e. The topological polar surface area (TPSA) is 94.2 Å². The van der Waals surface area contributed by atoms with Crippen LogP contribution in [0.25, 0.3) is 0 Å². The van der Waals surface area contributed by atoms with Crippen LogP contribution in [-0.2, 0) is 23.5 Å². The van der Waals surface area contributed by atoms with Crippen molar-refractivity contribution < 1.29 is 13.2 Å². The fourth-order valence-electron chi connectivity index (χ4n) is 2.26. The number of nitrogens with two attached hydrogens (primary N) is 1. The standard InChI is InChI=1S/C16H21N3O3S/c1-3-4-5-12-6-8-13(9-7-12)18-23(21,22)14-10-15(16(17)20)19(2)11-14/h6-11,18H,3-5H2,1-2H3,(H2,17,20). The molecule has 1 aromatic heterocycles. The number of hydrogen-bond acceptors (Lipinski definition) is 3. The number of nitrogens with zero attached hydrogens (tertiary/aromatic N) is 1. The zero-order valence-corrected chi connectivity index (χ0v) is 14.1. The molecule has 2 aromatic rings. The van der Waals surface area contributed by atoms with Gasteiger partial charge in [-0.25, -0.2) is 8.42 Å². The van der Waals surface area contributed by atoms with Gasteiger partial charge in [-0.3, -0.25) is 9.52 Å². The summed E-state index contributed by atoms with van der Waals surface area (Å²) in [6.07, 6.45) is 4.55. The van der Waals surface area contributed by atoms with Crippen molar-refractivity contribution in [2.24, 2.45) is 12.8 Å². The van der Waals surface area contributed by atoms with E-state index in [4.69, 9.17) is 5.73 Å². The summed E-state index contributed by atoms with van der Waals surface area (Å²) in [5, 5.41) is 0. The third kappa shape index (κ3) is 4.13. The lowest BCUT2D eigenvalue weighted by molar-refractivity contribution is 0.0992. The molecule has 23 heavy (non-hydrogen) atoms. The zero-order valence-electron chi connectivity index (χ0n) is 13.2. The second-order valence-electron chi connectivity index (χ2n) is 5.44. The molecular weight excluding hydrogens is 314 g/mol. The summed E-state index contributed by atoms with van der Waals surface area (Å²) in [6.45, 7) is 2.13. The van der Waals surface area contributed by atoms with E-state index in [1.807, 2.05) is 12.1 Å². The van der Waals surface area contributed by atoms with E-state index in [1.165, 1.54) is 22.4 Å². The van der Waals surface area contributed by atoms with Gasteiger partial charge in [-0.15, -0.1) is 0 Å². The molecule has 124 valence electrons. The number of primary amides is 1. The Bertz CT molecular complexity index is 792. The molecule has 1 heterocycles. The predicted octanol–water partition coefficient (Wildman–Crippen LogP) is 2.27.